The first kappa shape index (κ1) is 14.8. The van der Waals surface area contributed by atoms with E-state index in [4.69, 9.17) is 16.3 Å². The molecule has 0 radical (unpaired) electrons. The third-order valence-corrected chi connectivity index (χ3v) is 5.18. The number of hydrogen-bond donors (Lipinski definition) is 0. The van der Waals surface area contributed by atoms with Crippen LogP contribution in [0.2, 0.25) is 5.02 Å². The number of methoxy groups -OCH3 is 1. The second-order valence-corrected chi connectivity index (χ2v) is 6.57. The monoisotopic (exact) mass is 324 g/mol. The third kappa shape index (κ3) is 2.78. The molecule has 1 aliphatic rings. The van der Waals surface area contributed by atoms with Gasteiger partial charge in [0.05, 0.1) is 30.3 Å². The zero-order valence-corrected chi connectivity index (χ0v) is 13.4. The first-order chi connectivity index (χ1) is 10.2. The van der Waals surface area contributed by atoms with Crippen LogP contribution in [0, 0.1) is 0 Å². The fourth-order valence-electron chi connectivity index (χ4n) is 2.88. The van der Waals surface area contributed by atoms with Crippen LogP contribution < -0.4 is 0 Å². The maximum absolute atomic E-state index is 12.9. The summed E-state index contributed by atoms with van der Waals surface area (Å²) < 4.78 is 6.73. The molecule has 0 bridgehead atoms. The maximum atomic E-state index is 12.9. The van der Waals surface area contributed by atoms with E-state index in [-0.39, 0.29) is 11.7 Å². The van der Waals surface area contributed by atoms with Crippen LogP contribution in [0.4, 0.5) is 0 Å². The molecule has 0 saturated heterocycles. The van der Waals surface area contributed by atoms with E-state index in [1.54, 1.807) is 29.3 Å². The number of aryl methyl sites for hydroxylation is 1. The molecule has 0 fully saturated rings. The van der Waals surface area contributed by atoms with Crippen LogP contribution in [-0.4, -0.2) is 29.3 Å². The minimum Gasteiger partial charge on any atom is -0.383 e. The molecule has 0 amide bonds. The van der Waals surface area contributed by atoms with E-state index in [0.29, 0.717) is 23.9 Å². The Morgan fingerprint density at radius 1 is 1.62 bits per heavy atom. The van der Waals surface area contributed by atoms with Gasteiger partial charge < -0.3 is 4.74 Å². The minimum atomic E-state index is -0.0875. The molecule has 6 heteroatoms. The van der Waals surface area contributed by atoms with E-state index >= 15 is 0 Å². The van der Waals surface area contributed by atoms with Crippen molar-refractivity contribution < 1.29 is 9.53 Å². The van der Waals surface area contributed by atoms with Gasteiger partial charge in [0.1, 0.15) is 5.69 Å². The van der Waals surface area contributed by atoms with Crippen LogP contribution in [0.3, 0.4) is 0 Å². The van der Waals surface area contributed by atoms with E-state index in [2.05, 4.69) is 16.5 Å². The Labute approximate surface area is 132 Å². The van der Waals surface area contributed by atoms with E-state index < -0.39 is 0 Å². The zero-order valence-electron chi connectivity index (χ0n) is 11.8. The van der Waals surface area contributed by atoms with Crippen LogP contribution in [0.5, 0.6) is 0 Å². The number of nitrogens with zero attached hydrogens (tertiary/aromatic N) is 2. The number of halogens is 1. The molecule has 1 unspecified atom stereocenters. The lowest BCUT2D eigenvalue weighted by Crippen LogP contribution is -2.22. The average molecular weight is 325 g/mol. The standard InChI is InChI=1S/C15H17ClN2O2S/c1-20-7-6-18-14(12(16)9-17-18)15(19)11-3-2-4-13-10(11)5-8-21-13/h5,8-9,11H,2-4,6-7H2,1H3. The number of thiophene rings is 1. The molecule has 3 rings (SSSR count). The second-order valence-electron chi connectivity index (χ2n) is 5.17. The van der Waals surface area contributed by atoms with Crippen molar-refractivity contribution in [3.8, 4) is 0 Å². The van der Waals surface area contributed by atoms with Crippen LogP contribution in [0.1, 0.15) is 39.7 Å². The van der Waals surface area contributed by atoms with Crippen molar-refractivity contribution in [2.45, 2.75) is 31.7 Å². The summed E-state index contributed by atoms with van der Waals surface area (Å²) in [6, 6.07) is 2.07. The number of fused-ring (bicyclic) bond motifs is 1. The predicted octanol–water partition coefficient (Wildman–Crippen LogP) is 3.55. The van der Waals surface area contributed by atoms with Gasteiger partial charge in [-0.1, -0.05) is 11.6 Å². The van der Waals surface area contributed by atoms with Crippen LogP contribution >= 0.6 is 22.9 Å². The highest BCUT2D eigenvalue weighted by Gasteiger charge is 2.31. The number of Topliss-reactive ketones (excluding diaryl/α,β-unsaturated/α-hetero) is 1. The molecule has 2 aromatic rings. The number of ketones is 1. The van der Waals surface area contributed by atoms with Crippen molar-refractivity contribution in [2.24, 2.45) is 0 Å². The number of hydrogen-bond acceptors (Lipinski definition) is 4. The summed E-state index contributed by atoms with van der Waals surface area (Å²) in [4.78, 5) is 14.3. The minimum absolute atomic E-state index is 0.0768. The van der Waals surface area contributed by atoms with Gasteiger partial charge in [0.2, 0.25) is 0 Å². The summed E-state index contributed by atoms with van der Waals surface area (Å²) in [6.07, 6.45) is 4.55. The summed E-state index contributed by atoms with van der Waals surface area (Å²) in [5.74, 6) is -0.0107. The van der Waals surface area contributed by atoms with Crippen molar-refractivity contribution in [1.82, 2.24) is 9.78 Å². The van der Waals surface area contributed by atoms with Crippen molar-refractivity contribution in [3.63, 3.8) is 0 Å². The quantitative estimate of drug-likeness (QED) is 0.790. The summed E-state index contributed by atoms with van der Waals surface area (Å²) in [5, 5.41) is 6.70. The number of carbonyl (C=O) groups is 1. The Balaban J connectivity index is 1.92. The lowest BCUT2D eigenvalue weighted by Gasteiger charge is -2.21. The zero-order chi connectivity index (χ0) is 14.8. The number of rotatable bonds is 5. The molecule has 21 heavy (non-hydrogen) atoms. The Morgan fingerprint density at radius 2 is 2.48 bits per heavy atom. The molecule has 1 aliphatic carbocycles. The van der Waals surface area contributed by atoms with Gasteiger partial charge in [0, 0.05) is 12.0 Å². The normalized spacial score (nSPS) is 17.7. The van der Waals surface area contributed by atoms with Gasteiger partial charge in [0.15, 0.2) is 5.78 Å². The molecule has 4 nitrogen and oxygen atoms in total. The fourth-order valence-corrected chi connectivity index (χ4v) is 4.10. The van der Waals surface area contributed by atoms with Crippen molar-refractivity contribution in [1.29, 1.82) is 0 Å². The van der Waals surface area contributed by atoms with Crippen molar-refractivity contribution in [3.05, 3.63) is 38.8 Å². The van der Waals surface area contributed by atoms with Crippen molar-refractivity contribution >= 4 is 28.7 Å². The van der Waals surface area contributed by atoms with Crippen LogP contribution in [0.15, 0.2) is 17.6 Å². The largest absolute Gasteiger partial charge is 0.383 e. The molecule has 0 aromatic carbocycles. The molecular weight excluding hydrogens is 308 g/mol. The fraction of sp³-hybridized carbons (Fsp3) is 0.467. The molecule has 0 saturated carbocycles. The highest BCUT2D eigenvalue weighted by Crippen LogP contribution is 2.37. The molecule has 2 heterocycles. The SMILES string of the molecule is COCCn1ncc(Cl)c1C(=O)C1CCCc2sccc21. The van der Waals surface area contributed by atoms with Crippen LogP contribution in [0.25, 0.3) is 0 Å². The summed E-state index contributed by atoms with van der Waals surface area (Å²) >= 11 is 7.94. The smallest absolute Gasteiger partial charge is 0.189 e. The van der Waals surface area contributed by atoms with Gasteiger partial charge in [-0.2, -0.15) is 5.10 Å². The van der Waals surface area contributed by atoms with Gasteiger partial charge in [0.25, 0.3) is 0 Å². The van der Waals surface area contributed by atoms with Crippen molar-refractivity contribution in [2.75, 3.05) is 13.7 Å². The Bertz CT molecular complexity index is 650. The molecular formula is C15H17ClN2O2S. The van der Waals surface area contributed by atoms with Gasteiger partial charge in [-0.3, -0.25) is 9.48 Å². The van der Waals surface area contributed by atoms with Gasteiger partial charge in [-0.05, 0) is 36.3 Å². The number of aromatic nitrogens is 2. The predicted molar refractivity (Wildman–Crippen MR) is 83.4 cm³/mol. The van der Waals surface area contributed by atoms with E-state index in [9.17, 15) is 4.79 Å². The topological polar surface area (TPSA) is 44.1 Å². The maximum Gasteiger partial charge on any atom is 0.189 e. The number of ether oxygens (including phenoxy) is 1. The first-order valence-electron chi connectivity index (χ1n) is 7.03. The molecule has 1 atom stereocenters. The lowest BCUT2D eigenvalue weighted by atomic mass is 9.84. The van der Waals surface area contributed by atoms with Gasteiger partial charge in [-0.25, -0.2) is 0 Å². The second kappa shape index (κ2) is 6.30. The van der Waals surface area contributed by atoms with E-state index in [0.717, 1.165) is 19.3 Å². The summed E-state index contributed by atoms with van der Waals surface area (Å²) in [6.45, 7) is 1.04. The Kier molecular flexibility index (Phi) is 4.42. The summed E-state index contributed by atoms with van der Waals surface area (Å²) in [7, 11) is 1.63. The van der Waals surface area contributed by atoms with Crippen LogP contribution in [-0.2, 0) is 17.7 Å². The average Bonchev–Trinajstić information content (AvgIpc) is 3.10. The van der Waals surface area contributed by atoms with Gasteiger partial charge in [-0.15, -0.1) is 11.3 Å². The van der Waals surface area contributed by atoms with E-state index in [1.165, 1.54) is 10.4 Å². The highest BCUT2D eigenvalue weighted by atomic mass is 35.5. The van der Waals surface area contributed by atoms with Gasteiger partial charge >= 0.3 is 0 Å². The molecule has 0 aliphatic heterocycles. The summed E-state index contributed by atoms with van der Waals surface area (Å²) in [5.41, 5.74) is 1.68. The van der Waals surface area contributed by atoms with E-state index in [1.807, 2.05) is 0 Å². The molecule has 112 valence electrons. The lowest BCUT2D eigenvalue weighted by molar-refractivity contribution is 0.0937. The number of carbonyl (C=O) groups excluding carboxylic acids is 1. The molecule has 0 N–H and O–H groups in total. The first-order valence-corrected chi connectivity index (χ1v) is 8.29. The Morgan fingerprint density at radius 3 is 3.29 bits per heavy atom. The molecule has 0 spiro atoms. The Hall–Kier alpha value is -1.17. The highest BCUT2D eigenvalue weighted by molar-refractivity contribution is 7.10. The third-order valence-electron chi connectivity index (χ3n) is 3.90. The molecule has 2 aromatic heterocycles.